The molecule has 4 aliphatic rings. The highest BCUT2D eigenvalue weighted by Gasteiger charge is 2.58. The van der Waals surface area contributed by atoms with Crippen LogP contribution in [0.1, 0.15) is 32.6 Å². The lowest BCUT2D eigenvalue weighted by molar-refractivity contribution is -0.140. The molecule has 0 aromatic heterocycles. The second kappa shape index (κ2) is 8.86. The number of fused-ring (bicyclic) bond motifs is 5. The molecule has 0 radical (unpaired) electrons. The maximum absolute atomic E-state index is 12.7. The van der Waals surface area contributed by atoms with E-state index >= 15 is 0 Å². The van der Waals surface area contributed by atoms with Crippen LogP contribution in [0.5, 0.6) is 0 Å². The largest absolute Gasteiger partial charge is 0.356 e. The third-order valence-corrected chi connectivity index (χ3v) is 7.22. The molecule has 29 heavy (non-hydrogen) atoms. The van der Waals surface area contributed by atoms with Gasteiger partial charge in [0.15, 0.2) is 5.96 Å². The number of amides is 2. The van der Waals surface area contributed by atoms with Crippen molar-refractivity contribution in [3.05, 3.63) is 12.2 Å². The predicted molar refractivity (Wildman–Crippen MR) is 113 cm³/mol. The highest BCUT2D eigenvalue weighted by Crippen LogP contribution is 2.52. The second-order valence-corrected chi connectivity index (χ2v) is 8.99. The lowest BCUT2D eigenvalue weighted by atomic mass is 9.85. The molecule has 4 rings (SSSR count). The van der Waals surface area contributed by atoms with Crippen LogP contribution >= 0.6 is 0 Å². The molecule has 2 aliphatic heterocycles. The second-order valence-electron chi connectivity index (χ2n) is 8.99. The first kappa shape index (κ1) is 20.4. The number of carbonyl (C=O) groups is 2. The zero-order valence-corrected chi connectivity index (χ0v) is 17.8. The highest BCUT2D eigenvalue weighted by molar-refractivity contribution is 6.06. The number of hydrogen-bond acceptors (Lipinski definition) is 4. The minimum Gasteiger partial charge on any atom is -0.356 e. The molecule has 0 aromatic carbocycles. The first-order valence-corrected chi connectivity index (χ1v) is 11.3. The van der Waals surface area contributed by atoms with Gasteiger partial charge in [0.05, 0.1) is 11.8 Å². The first-order chi connectivity index (χ1) is 14.1. The number of likely N-dealkylation sites (tertiary alicyclic amines) is 2. The molecular formula is C22H35N5O2. The van der Waals surface area contributed by atoms with E-state index in [0.717, 1.165) is 18.9 Å². The third kappa shape index (κ3) is 4.06. The van der Waals surface area contributed by atoms with Gasteiger partial charge in [0.1, 0.15) is 0 Å². The number of nitrogens with zero attached hydrogens (tertiary/aromatic N) is 3. The van der Waals surface area contributed by atoms with Gasteiger partial charge in [-0.3, -0.25) is 19.5 Å². The van der Waals surface area contributed by atoms with E-state index in [4.69, 9.17) is 0 Å². The zero-order chi connectivity index (χ0) is 20.4. The van der Waals surface area contributed by atoms with Crippen molar-refractivity contribution in [2.75, 3.05) is 46.3 Å². The number of allylic oxidation sites excluding steroid dienone is 2. The van der Waals surface area contributed by atoms with Gasteiger partial charge in [0.25, 0.3) is 0 Å². The van der Waals surface area contributed by atoms with Gasteiger partial charge in [0, 0.05) is 26.7 Å². The lowest BCUT2D eigenvalue weighted by Crippen LogP contribution is -2.45. The number of piperidine rings is 1. The number of carbonyl (C=O) groups excluding carboxylic acids is 2. The van der Waals surface area contributed by atoms with Crippen molar-refractivity contribution in [3.63, 3.8) is 0 Å². The van der Waals surface area contributed by atoms with E-state index in [1.807, 2.05) is 0 Å². The van der Waals surface area contributed by atoms with Crippen molar-refractivity contribution in [1.29, 1.82) is 0 Å². The van der Waals surface area contributed by atoms with Crippen LogP contribution in [0.15, 0.2) is 17.1 Å². The van der Waals surface area contributed by atoms with E-state index in [-0.39, 0.29) is 35.5 Å². The van der Waals surface area contributed by atoms with E-state index < -0.39 is 0 Å². The number of hydrogen-bond donors (Lipinski definition) is 2. The minimum atomic E-state index is -0.103. The monoisotopic (exact) mass is 401 g/mol. The van der Waals surface area contributed by atoms with E-state index in [1.165, 1.54) is 43.8 Å². The number of rotatable bonds is 7. The summed E-state index contributed by atoms with van der Waals surface area (Å²) in [6, 6.07) is 0. The molecule has 7 nitrogen and oxygen atoms in total. The first-order valence-electron chi connectivity index (χ1n) is 11.3. The Morgan fingerprint density at radius 3 is 2.31 bits per heavy atom. The van der Waals surface area contributed by atoms with Crippen LogP contribution in [0.25, 0.3) is 0 Å². The summed E-state index contributed by atoms with van der Waals surface area (Å²) in [5.41, 5.74) is 0. The molecule has 2 saturated heterocycles. The third-order valence-electron chi connectivity index (χ3n) is 7.22. The highest BCUT2D eigenvalue weighted by atomic mass is 16.2. The fraction of sp³-hybridized carbons (Fsp3) is 0.773. The Balaban J connectivity index is 1.18. The van der Waals surface area contributed by atoms with Crippen molar-refractivity contribution >= 4 is 17.8 Å². The summed E-state index contributed by atoms with van der Waals surface area (Å²) in [7, 11) is 1.76. The summed E-state index contributed by atoms with van der Waals surface area (Å²) >= 11 is 0. The van der Waals surface area contributed by atoms with Crippen LogP contribution in [0.2, 0.25) is 0 Å². The molecule has 2 amide bonds. The fourth-order valence-corrected chi connectivity index (χ4v) is 5.66. The van der Waals surface area contributed by atoms with E-state index in [1.54, 1.807) is 7.05 Å². The molecule has 4 atom stereocenters. The van der Waals surface area contributed by atoms with Crippen molar-refractivity contribution in [1.82, 2.24) is 20.4 Å². The Kier molecular flexibility index (Phi) is 6.23. The summed E-state index contributed by atoms with van der Waals surface area (Å²) in [6.45, 7) is 7.68. The summed E-state index contributed by atoms with van der Waals surface area (Å²) in [5.74, 6) is 1.82. The van der Waals surface area contributed by atoms with Gasteiger partial charge in [-0.05, 0) is 63.1 Å². The van der Waals surface area contributed by atoms with E-state index in [9.17, 15) is 9.59 Å². The van der Waals surface area contributed by atoms with Crippen molar-refractivity contribution in [2.45, 2.75) is 32.6 Å². The van der Waals surface area contributed by atoms with E-state index in [2.05, 4.69) is 39.6 Å². The summed E-state index contributed by atoms with van der Waals surface area (Å²) < 4.78 is 0. The molecule has 0 spiro atoms. The summed E-state index contributed by atoms with van der Waals surface area (Å²) in [4.78, 5) is 33.8. The van der Waals surface area contributed by atoms with Gasteiger partial charge in [-0.15, -0.1) is 0 Å². The molecule has 2 aliphatic carbocycles. The quantitative estimate of drug-likeness (QED) is 0.289. The number of aliphatic imine (C=N–C) groups is 1. The van der Waals surface area contributed by atoms with Crippen LogP contribution in [-0.4, -0.2) is 73.9 Å². The topological polar surface area (TPSA) is 77.0 Å². The van der Waals surface area contributed by atoms with Gasteiger partial charge < -0.3 is 15.5 Å². The van der Waals surface area contributed by atoms with Crippen LogP contribution in [-0.2, 0) is 9.59 Å². The normalized spacial score (nSPS) is 32.3. The molecule has 0 aromatic rings. The average molecular weight is 402 g/mol. The van der Waals surface area contributed by atoms with Crippen LogP contribution in [0.4, 0.5) is 0 Å². The van der Waals surface area contributed by atoms with Crippen molar-refractivity contribution < 1.29 is 9.59 Å². The van der Waals surface area contributed by atoms with E-state index in [0.29, 0.717) is 19.0 Å². The maximum Gasteiger partial charge on any atom is 0.233 e. The van der Waals surface area contributed by atoms with Gasteiger partial charge in [-0.25, -0.2) is 0 Å². The van der Waals surface area contributed by atoms with Crippen LogP contribution < -0.4 is 10.6 Å². The predicted octanol–water partition coefficient (Wildman–Crippen LogP) is 1.08. The molecule has 3 fully saturated rings. The molecule has 1 saturated carbocycles. The Morgan fingerprint density at radius 2 is 1.72 bits per heavy atom. The number of nitrogens with one attached hydrogen (secondary N) is 2. The zero-order valence-electron chi connectivity index (χ0n) is 17.8. The fourth-order valence-electron chi connectivity index (χ4n) is 5.66. The van der Waals surface area contributed by atoms with Crippen molar-refractivity contribution in [2.24, 2.45) is 34.6 Å². The summed E-state index contributed by atoms with van der Waals surface area (Å²) in [6.07, 6.45) is 8.92. The average Bonchev–Trinajstić information content (AvgIpc) is 3.41. The van der Waals surface area contributed by atoms with Gasteiger partial charge in [-0.1, -0.05) is 19.1 Å². The molecule has 7 heteroatoms. The Hall–Kier alpha value is -1.89. The SMILES string of the molecule is CCCN1CCC(CNC(=NC)NCCN2C(=O)C3C4C=CC(C4)C3C2=O)CC1. The standard InChI is InChI=1S/C22H35N5O2/c1-3-9-26-10-6-15(7-11-26)14-25-22(23-2)24-8-12-27-20(28)18-16-4-5-17(13-16)19(18)21(27)29/h4-5,15-19H,3,6-14H2,1-2H3,(H2,23,24,25). The molecule has 2 heterocycles. The van der Waals surface area contributed by atoms with Crippen LogP contribution in [0.3, 0.4) is 0 Å². The molecular weight excluding hydrogens is 366 g/mol. The Bertz CT molecular complexity index is 653. The summed E-state index contributed by atoms with van der Waals surface area (Å²) in [5, 5.41) is 6.70. The van der Waals surface area contributed by atoms with Gasteiger partial charge >= 0.3 is 0 Å². The molecule has 2 N–H and O–H groups in total. The lowest BCUT2D eigenvalue weighted by Gasteiger charge is -2.32. The number of guanidine groups is 1. The smallest absolute Gasteiger partial charge is 0.233 e. The van der Waals surface area contributed by atoms with Crippen LogP contribution in [0, 0.1) is 29.6 Å². The Morgan fingerprint density at radius 1 is 1.07 bits per heavy atom. The molecule has 160 valence electrons. The molecule has 4 unspecified atom stereocenters. The minimum absolute atomic E-state index is 0.0282. The van der Waals surface area contributed by atoms with Gasteiger partial charge in [0.2, 0.25) is 11.8 Å². The number of imide groups is 1. The molecule has 2 bridgehead atoms. The Labute approximate surface area is 174 Å². The van der Waals surface area contributed by atoms with Gasteiger partial charge in [-0.2, -0.15) is 0 Å². The van der Waals surface area contributed by atoms with Crippen molar-refractivity contribution in [3.8, 4) is 0 Å². The maximum atomic E-state index is 12.7.